The van der Waals surface area contributed by atoms with Crippen molar-refractivity contribution in [3.05, 3.63) is 103 Å². The Morgan fingerprint density at radius 2 is 0.935 bits per heavy atom. The van der Waals surface area contributed by atoms with E-state index < -0.39 is 9.84 Å². The third-order valence-electron chi connectivity index (χ3n) is 4.98. The highest BCUT2D eigenvalue weighted by molar-refractivity contribution is 7.91. The Morgan fingerprint density at radius 3 is 1.39 bits per heavy atom. The minimum absolute atomic E-state index is 0.235. The van der Waals surface area contributed by atoms with Gasteiger partial charge in [-0.2, -0.15) is 0 Å². The normalized spacial score (nSPS) is 11.2. The van der Waals surface area contributed by atoms with E-state index in [-0.39, 0.29) is 9.79 Å². The van der Waals surface area contributed by atoms with E-state index in [2.05, 4.69) is 0 Å². The Hall–Kier alpha value is -3.57. The van der Waals surface area contributed by atoms with Crippen molar-refractivity contribution in [2.75, 3.05) is 7.11 Å². The van der Waals surface area contributed by atoms with Crippen LogP contribution >= 0.6 is 0 Å². The molecule has 0 unspecified atom stereocenters. The smallest absolute Gasteiger partial charge is 0.206 e. The molecule has 0 aliphatic carbocycles. The molecule has 4 rings (SSSR count). The van der Waals surface area contributed by atoms with Crippen LogP contribution in [0.4, 0.5) is 0 Å². The van der Waals surface area contributed by atoms with Gasteiger partial charge in [-0.05, 0) is 78.7 Å². The molecular formula is C26H22O4S. The molecule has 0 fully saturated rings. The van der Waals surface area contributed by atoms with Gasteiger partial charge in [-0.25, -0.2) is 8.42 Å². The van der Waals surface area contributed by atoms with Gasteiger partial charge in [0.1, 0.15) is 17.2 Å². The molecule has 0 saturated heterocycles. The first-order valence-electron chi connectivity index (χ1n) is 9.80. The Balaban J connectivity index is 1.48. The predicted octanol–water partition coefficient (Wildman–Crippen LogP) is 6.30. The summed E-state index contributed by atoms with van der Waals surface area (Å²) in [4.78, 5) is 0.513. The number of aryl methyl sites for hydroxylation is 1. The lowest BCUT2D eigenvalue weighted by Crippen LogP contribution is -2.01. The first-order valence-corrected chi connectivity index (χ1v) is 11.3. The lowest BCUT2D eigenvalue weighted by atomic mass is 10.1. The summed E-state index contributed by atoms with van der Waals surface area (Å²) in [5.41, 5.74) is 3.16. The molecule has 156 valence electrons. The maximum absolute atomic E-state index is 12.8. The fraction of sp³-hybridized carbons (Fsp3) is 0.0769. The molecule has 0 bridgehead atoms. The van der Waals surface area contributed by atoms with Crippen molar-refractivity contribution in [3.63, 3.8) is 0 Å². The van der Waals surface area contributed by atoms with Crippen LogP contribution in [0.1, 0.15) is 5.56 Å². The van der Waals surface area contributed by atoms with Crippen molar-refractivity contribution < 1.29 is 17.9 Å². The quantitative estimate of drug-likeness (QED) is 0.360. The number of hydrogen-bond donors (Lipinski definition) is 0. The number of ether oxygens (including phenoxy) is 2. The second kappa shape index (κ2) is 8.66. The van der Waals surface area contributed by atoms with Crippen LogP contribution in [-0.2, 0) is 9.84 Å². The standard InChI is InChI=1S/C26H22O4S/c1-19-3-15-25(16-4-19)31(27,28)26-17-13-24(14-18-26)30-23-11-7-21(8-12-23)20-5-9-22(29-2)10-6-20/h3-18H,1-2H3. The second-order valence-corrected chi connectivity index (χ2v) is 9.09. The fourth-order valence-corrected chi connectivity index (χ4v) is 4.44. The highest BCUT2D eigenvalue weighted by atomic mass is 32.2. The number of hydrogen-bond acceptors (Lipinski definition) is 4. The van der Waals surface area contributed by atoms with Crippen molar-refractivity contribution in [1.29, 1.82) is 0 Å². The molecule has 0 aromatic heterocycles. The number of benzene rings is 4. The van der Waals surface area contributed by atoms with Gasteiger partial charge in [0.25, 0.3) is 0 Å². The summed E-state index contributed by atoms with van der Waals surface area (Å²) < 4.78 is 36.6. The van der Waals surface area contributed by atoms with Gasteiger partial charge in [-0.15, -0.1) is 0 Å². The maximum Gasteiger partial charge on any atom is 0.206 e. The molecule has 4 nitrogen and oxygen atoms in total. The van der Waals surface area contributed by atoms with Gasteiger partial charge in [0, 0.05) is 0 Å². The summed E-state index contributed by atoms with van der Waals surface area (Å²) >= 11 is 0. The Kier molecular flexibility index (Phi) is 5.78. The molecule has 0 saturated carbocycles. The highest BCUT2D eigenvalue weighted by Crippen LogP contribution is 2.29. The van der Waals surface area contributed by atoms with Crippen LogP contribution in [0.15, 0.2) is 107 Å². The lowest BCUT2D eigenvalue weighted by Gasteiger charge is -2.09. The third kappa shape index (κ3) is 4.62. The maximum atomic E-state index is 12.8. The molecule has 0 atom stereocenters. The molecule has 0 aliphatic rings. The minimum Gasteiger partial charge on any atom is -0.497 e. The monoisotopic (exact) mass is 430 g/mol. The summed E-state index contributed by atoms with van der Waals surface area (Å²) in [5.74, 6) is 2.06. The average Bonchev–Trinajstić information content (AvgIpc) is 2.80. The van der Waals surface area contributed by atoms with Gasteiger partial charge in [0.2, 0.25) is 9.84 Å². The van der Waals surface area contributed by atoms with Crippen LogP contribution in [0, 0.1) is 6.92 Å². The minimum atomic E-state index is -3.55. The average molecular weight is 431 g/mol. The molecule has 0 spiro atoms. The molecule has 0 radical (unpaired) electrons. The van der Waals surface area contributed by atoms with Gasteiger partial charge in [0.15, 0.2) is 0 Å². The van der Waals surface area contributed by atoms with Crippen molar-refractivity contribution in [2.24, 2.45) is 0 Å². The van der Waals surface area contributed by atoms with Gasteiger partial charge in [-0.1, -0.05) is 42.0 Å². The first kappa shape index (κ1) is 20.7. The number of methoxy groups -OCH3 is 1. The van der Waals surface area contributed by atoms with E-state index in [1.165, 1.54) is 0 Å². The highest BCUT2D eigenvalue weighted by Gasteiger charge is 2.17. The zero-order valence-electron chi connectivity index (χ0n) is 17.3. The Labute approximate surface area is 182 Å². The molecule has 4 aromatic rings. The zero-order chi connectivity index (χ0) is 21.8. The molecule has 0 aliphatic heterocycles. The van der Waals surface area contributed by atoms with Crippen LogP contribution < -0.4 is 9.47 Å². The molecular weight excluding hydrogens is 408 g/mol. The van der Waals surface area contributed by atoms with E-state index in [1.54, 1.807) is 55.6 Å². The van der Waals surface area contributed by atoms with Crippen LogP contribution in [0.2, 0.25) is 0 Å². The molecule has 0 heterocycles. The number of rotatable bonds is 6. The van der Waals surface area contributed by atoms with Crippen LogP contribution in [0.3, 0.4) is 0 Å². The van der Waals surface area contributed by atoms with Crippen LogP contribution in [0.5, 0.6) is 17.2 Å². The van der Waals surface area contributed by atoms with Crippen molar-refractivity contribution in [2.45, 2.75) is 16.7 Å². The van der Waals surface area contributed by atoms with Gasteiger partial charge >= 0.3 is 0 Å². The topological polar surface area (TPSA) is 52.6 Å². The van der Waals surface area contributed by atoms with Crippen molar-refractivity contribution >= 4 is 9.84 Å². The van der Waals surface area contributed by atoms with Gasteiger partial charge in [0.05, 0.1) is 16.9 Å². The first-order chi connectivity index (χ1) is 15.0. The molecule has 0 N–H and O–H groups in total. The van der Waals surface area contributed by atoms with Crippen LogP contribution in [-0.4, -0.2) is 15.5 Å². The van der Waals surface area contributed by atoms with Crippen LogP contribution in [0.25, 0.3) is 11.1 Å². The summed E-state index contributed by atoms with van der Waals surface area (Å²) in [6.45, 7) is 1.92. The molecule has 5 heteroatoms. The van der Waals surface area contributed by atoms with Crippen molar-refractivity contribution in [1.82, 2.24) is 0 Å². The fourth-order valence-electron chi connectivity index (χ4n) is 3.18. The SMILES string of the molecule is COc1ccc(-c2ccc(Oc3ccc(S(=O)(=O)c4ccc(C)cc4)cc3)cc2)cc1. The van der Waals surface area contributed by atoms with Gasteiger partial charge in [-0.3, -0.25) is 0 Å². The number of sulfone groups is 1. The lowest BCUT2D eigenvalue weighted by molar-refractivity contribution is 0.415. The summed E-state index contributed by atoms with van der Waals surface area (Å²) in [6.07, 6.45) is 0. The van der Waals surface area contributed by atoms with E-state index in [1.807, 2.05) is 55.5 Å². The Morgan fingerprint density at radius 1 is 0.548 bits per heavy atom. The largest absolute Gasteiger partial charge is 0.497 e. The van der Waals surface area contributed by atoms with Crippen molar-refractivity contribution in [3.8, 4) is 28.4 Å². The summed E-state index contributed by atoms with van der Waals surface area (Å²) in [7, 11) is -1.91. The van der Waals surface area contributed by atoms with E-state index >= 15 is 0 Å². The summed E-state index contributed by atoms with van der Waals surface area (Å²) in [6, 6.07) is 28.9. The Bertz CT molecular complexity index is 1260. The third-order valence-corrected chi connectivity index (χ3v) is 6.76. The zero-order valence-corrected chi connectivity index (χ0v) is 18.1. The molecule has 4 aromatic carbocycles. The molecule has 0 amide bonds. The second-order valence-electron chi connectivity index (χ2n) is 7.14. The van der Waals surface area contributed by atoms with E-state index in [0.717, 1.165) is 22.4 Å². The van der Waals surface area contributed by atoms with E-state index in [0.29, 0.717) is 11.5 Å². The van der Waals surface area contributed by atoms with E-state index in [4.69, 9.17) is 9.47 Å². The summed E-state index contributed by atoms with van der Waals surface area (Å²) in [5, 5.41) is 0. The van der Waals surface area contributed by atoms with Gasteiger partial charge < -0.3 is 9.47 Å². The predicted molar refractivity (Wildman–Crippen MR) is 122 cm³/mol. The van der Waals surface area contributed by atoms with E-state index in [9.17, 15) is 8.42 Å². The molecule has 31 heavy (non-hydrogen) atoms.